The Balaban J connectivity index is 2.04. The van der Waals surface area contributed by atoms with E-state index in [0.29, 0.717) is 16.3 Å². The topological polar surface area (TPSA) is 84.9 Å². The van der Waals surface area contributed by atoms with Gasteiger partial charge in [0.15, 0.2) is 0 Å². The van der Waals surface area contributed by atoms with E-state index >= 15 is 0 Å². The summed E-state index contributed by atoms with van der Waals surface area (Å²) in [7, 11) is 0. The number of carbonyl (C=O) groups is 2. The molecule has 144 valence electrons. The maximum Gasteiger partial charge on any atom is 0.407 e. The predicted octanol–water partition coefficient (Wildman–Crippen LogP) is 4.61. The number of carboxylic acids is 1. The third kappa shape index (κ3) is 6.83. The Hall–Kier alpha value is -2.73. The van der Waals surface area contributed by atoms with Gasteiger partial charge in [0.05, 0.1) is 12.1 Å². The van der Waals surface area contributed by atoms with Crippen LogP contribution in [0.2, 0.25) is 5.02 Å². The fraction of sp³-hybridized carbons (Fsp3) is 0.300. The predicted molar refractivity (Wildman–Crippen MR) is 104 cm³/mol. The van der Waals surface area contributed by atoms with Crippen molar-refractivity contribution in [3.05, 3.63) is 53.1 Å². The second-order valence-corrected chi connectivity index (χ2v) is 7.27. The summed E-state index contributed by atoms with van der Waals surface area (Å²) in [4.78, 5) is 23.0. The van der Waals surface area contributed by atoms with Crippen LogP contribution in [0.3, 0.4) is 0 Å². The van der Waals surface area contributed by atoms with Crippen molar-refractivity contribution in [3.63, 3.8) is 0 Å². The standard InChI is InChI=1S/C20H22ClNO5/c1-20(2,3)27-19(25)22-8-9-26-17-11-14(10-15(12-17)18(23)24)13-4-6-16(21)7-5-13/h4-7,10-12H,8-9H2,1-3H3,(H,22,25)(H,23,24). The minimum atomic E-state index is -1.05. The minimum Gasteiger partial charge on any atom is -0.492 e. The fourth-order valence-corrected chi connectivity index (χ4v) is 2.38. The summed E-state index contributed by atoms with van der Waals surface area (Å²) >= 11 is 5.90. The number of rotatable bonds is 6. The molecule has 2 aromatic carbocycles. The first kappa shape index (κ1) is 20.6. The lowest BCUT2D eigenvalue weighted by molar-refractivity contribution is 0.0520. The molecule has 0 radical (unpaired) electrons. The molecule has 6 nitrogen and oxygen atoms in total. The van der Waals surface area contributed by atoms with Crippen LogP contribution in [0.1, 0.15) is 31.1 Å². The minimum absolute atomic E-state index is 0.109. The Bertz CT molecular complexity index is 812. The molecule has 2 N–H and O–H groups in total. The van der Waals surface area contributed by atoms with Crippen molar-refractivity contribution in [3.8, 4) is 16.9 Å². The smallest absolute Gasteiger partial charge is 0.407 e. The molecule has 0 saturated carbocycles. The van der Waals surface area contributed by atoms with Crippen LogP contribution in [-0.4, -0.2) is 35.9 Å². The lowest BCUT2D eigenvalue weighted by atomic mass is 10.0. The van der Waals surface area contributed by atoms with Crippen LogP contribution in [0.25, 0.3) is 11.1 Å². The molecule has 2 rings (SSSR count). The highest BCUT2D eigenvalue weighted by Crippen LogP contribution is 2.27. The molecule has 0 heterocycles. The van der Waals surface area contributed by atoms with E-state index in [9.17, 15) is 14.7 Å². The molecule has 0 atom stereocenters. The lowest BCUT2D eigenvalue weighted by Crippen LogP contribution is -2.34. The van der Waals surface area contributed by atoms with Gasteiger partial charge in [0.1, 0.15) is 18.0 Å². The highest BCUT2D eigenvalue weighted by Gasteiger charge is 2.15. The van der Waals surface area contributed by atoms with Gasteiger partial charge in [0.25, 0.3) is 0 Å². The molecule has 0 spiro atoms. The van der Waals surface area contributed by atoms with E-state index in [1.165, 1.54) is 6.07 Å². The van der Waals surface area contributed by atoms with Crippen LogP contribution >= 0.6 is 11.6 Å². The largest absolute Gasteiger partial charge is 0.492 e. The number of hydrogen-bond donors (Lipinski definition) is 2. The summed E-state index contributed by atoms with van der Waals surface area (Å²) in [5, 5.41) is 12.5. The molecule has 0 aliphatic carbocycles. The number of carbonyl (C=O) groups excluding carboxylic acids is 1. The number of ether oxygens (including phenoxy) is 2. The summed E-state index contributed by atoms with van der Waals surface area (Å²) in [6, 6.07) is 11.8. The van der Waals surface area contributed by atoms with E-state index in [2.05, 4.69) is 5.32 Å². The monoisotopic (exact) mass is 391 g/mol. The zero-order valence-corrected chi connectivity index (χ0v) is 16.2. The van der Waals surface area contributed by atoms with Crippen molar-refractivity contribution in [1.29, 1.82) is 0 Å². The van der Waals surface area contributed by atoms with Crippen LogP contribution in [0.15, 0.2) is 42.5 Å². The normalized spacial score (nSPS) is 11.0. The van der Waals surface area contributed by atoms with Gasteiger partial charge < -0.3 is 19.9 Å². The molecule has 0 unspecified atom stereocenters. The van der Waals surface area contributed by atoms with Crippen LogP contribution < -0.4 is 10.1 Å². The summed E-state index contributed by atoms with van der Waals surface area (Å²) in [5.41, 5.74) is 1.05. The first-order valence-electron chi connectivity index (χ1n) is 8.38. The van der Waals surface area contributed by atoms with Gasteiger partial charge in [-0.1, -0.05) is 23.7 Å². The van der Waals surface area contributed by atoms with Crippen LogP contribution in [-0.2, 0) is 4.74 Å². The molecule has 0 bridgehead atoms. The fourth-order valence-electron chi connectivity index (χ4n) is 2.25. The average Bonchev–Trinajstić information content (AvgIpc) is 2.57. The third-order valence-corrected chi connectivity index (χ3v) is 3.62. The number of amides is 1. The number of halogens is 1. The van der Waals surface area contributed by atoms with E-state index < -0.39 is 17.7 Å². The molecule has 0 aliphatic rings. The number of nitrogens with one attached hydrogen (secondary N) is 1. The van der Waals surface area contributed by atoms with Gasteiger partial charge in [-0.25, -0.2) is 9.59 Å². The summed E-state index contributed by atoms with van der Waals surface area (Å²) < 4.78 is 10.7. The Kier molecular flexibility index (Phi) is 6.69. The Labute approximate surface area is 163 Å². The van der Waals surface area contributed by atoms with Gasteiger partial charge in [-0.05, 0) is 62.2 Å². The number of hydrogen-bond acceptors (Lipinski definition) is 4. The molecule has 7 heteroatoms. The Morgan fingerprint density at radius 1 is 1.07 bits per heavy atom. The lowest BCUT2D eigenvalue weighted by Gasteiger charge is -2.19. The van der Waals surface area contributed by atoms with E-state index in [0.717, 1.165) is 5.56 Å². The molecule has 0 saturated heterocycles. The zero-order valence-electron chi connectivity index (χ0n) is 15.4. The van der Waals surface area contributed by atoms with Crippen molar-refractivity contribution in [2.45, 2.75) is 26.4 Å². The SMILES string of the molecule is CC(C)(C)OC(=O)NCCOc1cc(C(=O)O)cc(-c2ccc(Cl)cc2)c1. The van der Waals surface area contributed by atoms with E-state index in [-0.39, 0.29) is 18.7 Å². The second kappa shape index (κ2) is 8.77. The van der Waals surface area contributed by atoms with Gasteiger partial charge in [0, 0.05) is 5.02 Å². The van der Waals surface area contributed by atoms with Crippen molar-refractivity contribution in [1.82, 2.24) is 5.32 Å². The number of benzene rings is 2. The van der Waals surface area contributed by atoms with Crippen LogP contribution in [0.4, 0.5) is 4.79 Å². The first-order valence-corrected chi connectivity index (χ1v) is 8.76. The zero-order chi connectivity index (χ0) is 20.0. The second-order valence-electron chi connectivity index (χ2n) is 6.84. The van der Waals surface area contributed by atoms with Crippen LogP contribution in [0.5, 0.6) is 5.75 Å². The average molecular weight is 392 g/mol. The highest BCUT2D eigenvalue weighted by molar-refractivity contribution is 6.30. The molecule has 0 aliphatic heterocycles. The quantitative estimate of drug-likeness (QED) is 0.702. The summed E-state index contributed by atoms with van der Waals surface area (Å²) in [6.07, 6.45) is -0.535. The van der Waals surface area contributed by atoms with Crippen LogP contribution in [0, 0.1) is 0 Å². The van der Waals surface area contributed by atoms with Crippen molar-refractivity contribution < 1.29 is 24.2 Å². The van der Waals surface area contributed by atoms with Gasteiger partial charge >= 0.3 is 12.1 Å². The third-order valence-electron chi connectivity index (χ3n) is 3.37. The van der Waals surface area contributed by atoms with Gasteiger partial charge in [-0.2, -0.15) is 0 Å². The maximum absolute atomic E-state index is 11.6. The van der Waals surface area contributed by atoms with Gasteiger partial charge in [-0.3, -0.25) is 0 Å². The molecular weight excluding hydrogens is 370 g/mol. The van der Waals surface area contributed by atoms with E-state index in [4.69, 9.17) is 21.1 Å². The Morgan fingerprint density at radius 2 is 1.74 bits per heavy atom. The summed E-state index contributed by atoms with van der Waals surface area (Å²) in [6.45, 7) is 5.72. The van der Waals surface area contributed by atoms with Gasteiger partial charge in [0.2, 0.25) is 0 Å². The highest BCUT2D eigenvalue weighted by atomic mass is 35.5. The molecule has 0 fully saturated rings. The molecular formula is C20H22ClNO5. The molecule has 2 aromatic rings. The molecule has 0 aromatic heterocycles. The first-order chi connectivity index (χ1) is 12.6. The molecule has 27 heavy (non-hydrogen) atoms. The number of carboxylic acid groups (broad SMARTS) is 1. The van der Waals surface area contributed by atoms with E-state index in [1.807, 2.05) is 0 Å². The molecule has 1 amide bonds. The van der Waals surface area contributed by atoms with E-state index in [1.54, 1.807) is 57.2 Å². The van der Waals surface area contributed by atoms with Crippen molar-refractivity contribution in [2.75, 3.05) is 13.2 Å². The maximum atomic E-state index is 11.6. The number of aromatic carboxylic acids is 1. The van der Waals surface area contributed by atoms with Crippen molar-refractivity contribution >= 4 is 23.7 Å². The number of alkyl carbamates (subject to hydrolysis) is 1. The van der Waals surface area contributed by atoms with Gasteiger partial charge in [-0.15, -0.1) is 0 Å². The Morgan fingerprint density at radius 3 is 2.33 bits per heavy atom. The van der Waals surface area contributed by atoms with Crippen molar-refractivity contribution in [2.24, 2.45) is 0 Å². The summed E-state index contributed by atoms with van der Waals surface area (Å²) in [5.74, 6) is -0.659.